The van der Waals surface area contributed by atoms with E-state index < -0.39 is 5.41 Å². The zero-order chi connectivity index (χ0) is 17.2. The first-order chi connectivity index (χ1) is 11.5. The Kier molecular flexibility index (Phi) is 4.90. The maximum absolute atomic E-state index is 12.5. The lowest BCUT2D eigenvalue weighted by atomic mass is 10.0. The Morgan fingerprint density at radius 2 is 1.92 bits per heavy atom. The Labute approximate surface area is 143 Å². The minimum atomic E-state index is -0.894. The molecule has 0 spiro atoms. The quantitative estimate of drug-likeness (QED) is 0.788. The molecule has 130 valence electrons. The number of benzene rings is 1. The lowest BCUT2D eigenvalue weighted by Gasteiger charge is -2.17. The highest BCUT2D eigenvalue weighted by Crippen LogP contribution is 2.46. The molecule has 0 radical (unpaired) electrons. The summed E-state index contributed by atoms with van der Waals surface area (Å²) >= 11 is 0. The molecule has 1 saturated carbocycles. The molecular formula is C19H26N2O3. The zero-order valence-electron chi connectivity index (χ0n) is 14.4. The summed E-state index contributed by atoms with van der Waals surface area (Å²) in [7, 11) is 0. The third-order valence-electron chi connectivity index (χ3n) is 4.97. The van der Waals surface area contributed by atoms with Crippen LogP contribution in [0.15, 0.2) is 24.3 Å². The molecule has 1 saturated heterocycles. The fourth-order valence-electron chi connectivity index (χ4n) is 3.07. The fourth-order valence-corrected chi connectivity index (χ4v) is 3.07. The maximum Gasteiger partial charge on any atom is 0.240 e. The van der Waals surface area contributed by atoms with E-state index in [4.69, 9.17) is 4.74 Å². The van der Waals surface area contributed by atoms with Gasteiger partial charge in [0, 0.05) is 18.8 Å². The molecule has 24 heavy (non-hydrogen) atoms. The van der Waals surface area contributed by atoms with Crippen LogP contribution < -0.4 is 10.6 Å². The monoisotopic (exact) mass is 330 g/mol. The molecule has 2 aliphatic rings. The van der Waals surface area contributed by atoms with Gasteiger partial charge >= 0.3 is 0 Å². The van der Waals surface area contributed by atoms with Gasteiger partial charge in [-0.1, -0.05) is 26.0 Å². The van der Waals surface area contributed by atoms with Crippen molar-refractivity contribution in [2.75, 3.05) is 18.5 Å². The molecular weight excluding hydrogens is 304 g/mol. The summed E-state index contributed by atoms with van der Waals surface area (Å²) in [5, 5.41) is 5.78. The van der Waals surface area contributed by atoms with Gasteiger partial charge in [0.05, 0.1) is 6.10 Å². The van der Waals surface area contributed by atoms with Crippen molar-refractivity contribution in [1.29, 1.82) is 0 Å². The molecule has 2 N–H and O–H groups in total. The van der Waals surface area contributed by atoms with E-state index >= 15 is 0 Å². The maximum atomic E-state index is 12.5. The molecule has 1 unspecified atom stereocenters. The molecule has 1 aromatic rings. The third-order valence-corrected chi connectivity index (χ3v) is 4.97. The van der Waals surface area contributed by atoms with Crippen molar-refractivity contribution in [2.45, 2.75) is 51.6 Å². The van der Waals surface area contributed by atoms with E-state index in [-0.39, 0.29) is 17.9 Å². The molecule has 0 bridgehead atoms. The fraction of sp³-hybridized carbons (Fsp3) is 0.579. The predicted molar refractivity (Wildman–Crippen MR) is 92.8 cm³/mol. The number of anilines is 1. The molecule has 3 rings (SSSR count). The van der Waals surface area contributed by atoms with Crippen molar-refractivity contribution >= 4 is 17.5 Å². The molecule has 2 amide bonds. The van der Waals surface area contributed by atoms with Crippen LogP contribution in [0.3, 0.4) is 0 Å². The minimum absolute atomic E-state index is 0.0939. The van der Waals surface area contributed by atoms with Gasteiger partial charge in [0.15, 0.2) is 0 Å². The number of carbonyl (C=O) groups excluding carboxylic acids is 2. The highest BCUT2D eigenvalue weighted by Gasteiger charge is 2.56. The summed E-state index contributed by atoms with van der Waals surface area (Å²) in [5.74, 6) is 0.0760. The van der Waals surface area contributed by atoms with Crippen LogP contribution >= 0.6 is 0 Å². The smallest absolute Gasteiger partial charge is 0.240 e. The second-order valence-electron chi connectivity index (χ2n) is 7.16. The number of amides is 2. The Morgan fingerprint density at radius 1 is 1.21 bits per heavy atom. The Hall–Kier alpha value is -1.88. The zero-order valence-corrected chi connectivity index (χ0v) is 14.4. The van der Waals surface area contributed by atoms with Crippen LogP contribution in [0.1, 0.15) is 51.0 Å². The first kappa shape index (κ1) is 17.0. The SMILES string of the molecule is CC(C)c1ccc(NC(=O)C2(C(=O)NCC3CCCO3)CC2)cc1. The summed E-state index contributed by atoms with van der Waals surface area (Å²) in [6, 6.07) is 7.82. The Bertz CT molecular complexity index is 600. The Balaban J connectivity index is 1.55. The normalized spacial score (nSPS) is 21.5. The molecule has 5 nitrogen and oxygen atoms in total. The van der Waals surface area contributed by atoms with Gasteiger partial charge in [-0.05, 0) is 49.3 Å². The lowest BCUT2D eigenvalue weighted by molar-refractivity contribution is -0.134. The summed E-state index contributed by atoms with van der Waals surface area (Å²) < 4.78 is 5.51. The van der Waals surface area contributed by atoms with Crippen LogP contribution in [-0.2, 0) is 14.3 Å². The molecule has 1 aliphatic carbocycles. The Morgan fingerprint density at radius 3 is 2.46 bits per heavy atom. The topological polar surface area (TPSA) is 67.4 Å². The van der Waals surface area contributed by atoms with E-state index in [0.717, 1.165) is 25.1 Å². The van der Waals surface area contributed by atoms with Gasteiger partial charge in [0.1, 0.15) is 5.41 Å². The van der Waals surface area contributed by atoms with Gasteiger partial charge < -0.3 is 15.4 Å². The van der Waals surface area contributed by atoms with E-state index in [1.807, 2.05) is 24.3 Å². The largest absolute Gasteiger partial charge is 0.376 e. The molecule has 1 aromatic carbocycles. The van der Waals surface area contributed by atoms with Crippen molar-refractivity contribution in [2.24, 2.45) is 5.41 Å². The summed E-state index contributed by atoms with van der Waals surface area (Å²) in [5.41, 5.74) is 1.07. The summed E-state index contributed by atoms with van der Waals surface area (Å²) in [6.45, 7) is 5.52. The first-order valence-electron chi connectivity index (χ1n) is 8.82. The molecule has 2 fully saturated rings. The molecule has 1 atom stereocenters. The van der Waals surface area contributed by atoms with Crippen molar-refractivity contribution in [3.05, 3.63) is 29.8 Å². The molecule has 1 heterocycles. The van der Waals surface area contributed by atoms with Crippen LogP contribution in [0.2, 0.25) is 0 Å². The predicted octanol–water partition coefficient (Wildman–Crippen LogP) is 2.82. The van der Waals surface area contributed by atoms with Crippen LogP contribution in [0, 0.1) is 5.41 Å². The second kappa shape index (κ2) is 6.93. The second-order valence-corrected chi connectivity index (χ2v) is 7.16. The third kappa shape index (κ3) is 3.61. The van der Waals surface area contributed by atoms with Gasteiger partial charge in [-0.3, -0.25) is 9.59 Å². The number of nitrogens with one attached hydrogen (secondary N) is 2. The number of hydrogen-bond donors (Lipinski definition) is 2. The summed E-state index contributed by atoms with van der Waals surface area (Å²) in [6.07, 6.45) is 3.33. The number of rotatable bonds is 6. The number of hydrogen-bond acceptors (Lipinski definition) is 3. The van der Waals surface area contributed by atoms with Crippen molar-refractivity contribution in [3.8, 4) is 0 Å². The van der Waals surface area contributed by atoms with E-state index in [9.17, 15) is 9.59 Å². The van der Waals surface area contributed by atoms with Crippen LogP contribution in [0.5, 0.6) is 0 Å². The van der Waals surface area contributed by atoms with E-state index in [1.165, 1.54) is 5.56 Å². The van der Waals surface area contributed by atoms with Gasteiger partial charge in [0.25, 0.3) is 0 Å². The van der Waals surface area contributed by atoms with Crippen molar-refractivity contribution < 1.29 is 14.3 Å². The average Bonchev–Trinajstić information content (AvgIpc) is 3.23. The van der Waals surface area contributed by atoms with Gasteiger partial charge in [-0.2, -0.15) is 0 Å². The average molecular weight is 330 g/mol. The van der Waals surface area contributed by atoms with E-state index in [1.54, 1.807) is 0 Å². The molecule has 1 aliphatic heterocycles. The van der Waals surface area contributed by atoms with Crippen molar-refractivity contribution in [3.63, 3.8) is 0 Å². The highest BCUT2D eigenvalue weighted by atomic mass is 16.5. The van der Waals surface area contributed by atoms with Gasteiger partial charge in [-0.15, -0.1) is 0 Å². The minimum Gasteiger partial charge on any atom is -0.376 e. The van der Waals surface area contributed by atoms with Gasteiger partial charge in [0.2, 0.25) is 11.8 Å². The first-order valence-corrected chi connectivity index (χ1v) is 8.82. The molecule has 0 aromatic heterocycles. The van der Waals surface area contributed by atoms with Crippen LogP contribution in [0.25, 0.3) is 0 Å². The lowest BCUT2D eigenvalue weighted by Crippen LogP contribution is -2.42. The highest BCUT2D eigenvalue weighted by molar-refractivity contribution is 6.13. The number of carbonyl (C=O) groups is 2. The summed E-state index contributed by atoms with van der Waals surface area (Å²) in [4.78, 5) is 25.0. The van der Waals surface area contributed by atoms with E-state index in [0.29, 0.717) is 25.3 Å². The van der Waals surface area contributed by atoms with Crippen LogP contribution in [0.4, 0.5) is 5.69 Å². The van der Waals surface area contributed by atoms with Crippen LogP contribution in [-0.4, -0.2) is 31.1 Å². The number of ether oxygens (including phenoxy) is 1. The molecule has 5 heteroatoms. The standard InChI is InChI=1S/C19H26N2O3/c1-13(2)14-5-7-15(8-6-14)21-18(23)19(9-10-19)17(22)20-12-16-4-3-11-24-16/h5-8,13,16H,3-4,9-12H2,1-2H3,(H,20,22)(H,21,23). The van der Waals surface area contributed by atoms with Crippen molar-refractivity contribution in [1.82, 2.24) is 5.32 Å². The van der Waals surface area contributed by atoms with E-state index in [2.05, 4.69) is 24.5 Å². The van der Waals surface area contributed by atoms with Gasteiger partial charge in [-0.25, -0.2) is 0 Å².